The first kappa shape index (κ1) is 12.3. The maximum atomic E-state index is 11.9. The normalized spacial score (nSPS) is 49.2. The summed E-state index contributed by atoms with van der Waals surface area (Å²) in [7, 11) is 0. The SMILES string of the molecule is C=C(C)C(=O)OC1(C)C2CC3CC1CC(C)(C3)C2. The Morgan fingerprint density at radius 2 is 1.72 bits per heavy atom. The number of hydrogen-bond donors (Lipinski definition) is 0. The lowest BCUT2D eigenvalue weighted by atomic mass is 9.45. The predicted molar refractivity (Wildman–Crippen MR) is 71.0 cm³/mol. The van der Waals surface area contributed by atoms with E-state index in [4.69, 9.17) is 4.74 Å². The van der Waals surface area contributed by atoms with Crippen LogP contribution in [0, 0.1) is 23.2 Å². The van der Waals surface area contributed by atoms with Crippen molar-refractivity contribution < 1.29 is 9.53 Å². The zero-order valence-corrected chi connectivity index (χ0v) is 11.8. The second-order valence-corrected chi connectivity index (χ2v) is 7.51. The van der Waals surface area contributed by atoms with Crippen LogP contribution in [0.4, 0.5) is 0 Å². The molecule has 4 aliphatic rings. The molecule has 0 spiro atoms. The quantitative estimate of drug-likeness (QED) is 0.550. The molecular formula is C16H24O2. The first-order valence-corrected chi connectivity index (χ1v) is 7.21. The largest absolute Gasteiger partial charge is 0.455 e. The number of rotatable bonds is 2. The van der Waals surface area contributed by atoms with E-state index in [1.807, 2.05) is 0 Å². The fraction of sp³-hybridized carbons (Fsp3) is 0.812. The third-order valence-electron chi connectivity index (χ3n) is 5.78. The van der Waals surface area contributed by atoms with Crippen molar-refractivity contribution in [3.05, 3.63) is 12.2 Å². The second kappa shape index (κ2) is 3.61. The highest BCUT2D eigenvalue weighted by Crippen LogP contribution is 2.64. The van der Waals surface area contributed by atoms with Crippen LogP contribution in [0.3, 0.4) is 0 Å². The summed E-state index contributed by atoms with van der Waals surface area (Å²) in [5.41, 5.74) is 0.814. The van der Waals surface area contributed by atoms with Crippen molar-refractivity contribution in [1.29, 1.82) is 0 Å². The van der Waals surface area contributed by atoms with Crippen molar-refractivity contribution >= 4 is 5.97 Å². The van der Waals surface area contributed by atoms with Gasteiger partial charge in [0.15, 0.2) is 0 Å². The van der Waals surface area contributed by atoms with E-state index in [0.717, 1.165) is 5.92 Å². The van der Waals surface area contributed by atoms with E-state index in [1.54, 1.807) is 6.92 Å². The Morgan fingerprint density at radius 3 is 2.17 bits per heavy atom. The van der Waals surface area contributed by atoms with Gasteiger partial charge in [-0.1, -0.05) is 13.5 Å². The molecule has 100 valence electrons. The second-order valence-electron chi connectivity index (χ2n) is 7.51. The summed E-state index contributed by atoms with van der Waals surface area (Å²) in [4.78, 5) is 11.9. The molecule has 4 saturated carbocycles. The first-order valence-electron chi connectivity index (χ1n) is 7.21. The van der Waals surface area contributed by atoms with Crippen LogP contribution in [0.1, 0.15) is 52.9 Å². The number of carbonyl (C=O) groups is 1. The van der Waals surface area contributed by atoms with Gasteiger partial charge in [0.05, 0.1) is 0 Å². The fourth-order valence-electron chi connectivity index (χ4n) is 5.03. The molecule has 0 aromatic heterocycles. The van der Waals surface area contributed by atoms with E-state index in [1.165, 1.54) is 32.1 Å². The van der Waals surface area contributed by atoms with Crippen molar-refractivity contribution in [2.75, 3.05) is 0 Å². The Hall–Kier alpha value is -0.790. The molecular weight excluding hydrogens is 224 g/mol. The highest BCUT2D eigenvalue weighted by molar-refractivity contribution is 5.87. The van der Waals surface area contributed by atoms with Crippen molar-refractivity contribution in [1.82, 2.24) is 0 Å². The van der Waals surface area contributed by atoms with Gasteiger partial charge in [0.2, 0.25) is 0 Å². The number of hydrogen-bond acceptors (Lipinski definition) is 2. The molecule has 0 saturated heterocycles. The minimum absolute atomic E-state index is 0.199. The summed E-state index contributed by atoms with van der Waals surface area (Å²) < 4.78 is 5.88. The number of ether oxygens (including phenoxy) is 1. The molecule has 0 heterocycles. The van der Waals surface area contributed by atoms with E-state index in [0.29, 0.717) is 22.8 Å². The van der Waals surface area contributed by atoms with Crippen molar-refractivity contribution in [3.8, 4) is 0 Å². The molecule has 2 nitrogen and oxygen atoms in total. The van der Waals surface area contributed by atoms with Gasteiger partial charge in [0.25, 0.3) is 0 Å². The smallest absolute Gasteiger partial charge is 0.333 e. The van der Waals surface area contributed by atoms with Crippen LogP contribution >= 0.6 is 0 Å². The molecule has 4 bridgehead atoms. The molecule has 0 amide bonds. The van der Waals surface area contributed by atoms with Gasteiger partial charge in [-0.15, -0.1) is 0 Å². The van der Waals surface area contributed by atoms with Crippen LogP contribution in [-0.4, -0.2) is 11.6 Å². The zero-order valence-electron chi connectivity index (χ0n) is 11.8. The lowest BCUT2D eigenvalue weighted by Gasteiger charge is -2.62. The third-order valence-corrected chi connectivity index (χ3v) is 5.78. The average molecular weight is 248 g/mol. The molecule has 0 aliphatic heterocycles. The van der Waals surface area contributed by atoms with Crippen LogP contribution < -0.4 is 0 Å². The minimum atomic E-state index is -0.230. The maximum absolute atomic E-state index is 11.9. The predicted octanol–water partition coefficient (Wildman–Crippen LogP) is 3.71. The summed E-state index contributed by atoms with van der Waals surface area (Å²) in [5.74, 6) is 1.81. The summed E-state index contributed by atoms with van der Waals surface area (Å²) in [5, 5.41) is 0. The molecule has 0 aromatic carbocycles. The Labute approximate surface area is 110 Å². The summed E-state index contributed by atoms with van der Waals surface area (Å²) in [6, 6.07) is 0. The van der Waals surface area contributed by atoms with Crippen LogP contribution in [0.25, 0.3) is 0 Å². The molecule has 18 heavy (non-hydrogen) atoms. The summed E-state index contributed by atoms with van der Waals surface area (Å²) in [6.07, 6.45) is 6.38. The van der Waals surface area contributed by atoms with Crippen LogP contribution in [0.5, 0.6) is 0 Å². The molecule has 2 unspecified atom stereocenters. The molecule has 4 rings (SSSR count). The van der Waals surface area contributed by atoms with Gasteiger partial charge >= 0.3 is 5.97 Å². The Bertz CT molecular complexity index is 393. The molecule has 4 aliphatic carbocycles. The van der Waals surface area contributed by atoms with E-state index >= 15 is 0 Å². The topological polar surface area (TPSA) is 26.3 Å². The highest BCUT2D eigenvalue weighted by atomic mass is 16.6. The fourth-order valence-corrected chi connectivity index (χ4v) is 5.03. The van der Waals surface area contributed by atoms with Crippen LogP contribution in [-0.2, 0) is 9.53 Å². The van der Waals surface area contributed by atoms with Gasteiger partial charge in [-0.25, -0.2) is 4.79 Å². The summed E-state index contributed by atoms with van der Waals surface area (Å²) in [6.45, 7) is 10.0. The number of esters is 1. The molecule has 4 fully saturated rings. The lowest BCUT2D eigenvalue weighted by Crippen LogP contribution is -2.60. The van der Waals surface area contributed by atoms with Gasteiger partial charge in [0.1, 0.15) is 5.60 Å². The van der Waals surface area contributed by atoms with Crippen LogP contribution in [0.15, 0.2) is 12.2 Å². The molecule has 0 aromatic rings. The van der Waals surface area contributed by atoms with Gasteiger partial charge in [0, 0.05) is 5.57 Å². The standard InChI is InChI=1S/C16H24O2/c1-10(2)14(17)18-16(4)12-5-11-6-13(16)9-15(3,7-11)8-12/h11-13H,1,5-9H2,2-4H3. The molecule has 2 heteroatoms. The monoisotopic (exact) mass is 248 g/mol. The summed E-state index contributed by atoms with van der Waals surface area (Å²) >= 11 is 0. The molecule has 0 radical (unpaired) electrons. The van der Waals surface area contributed by atoms with Gasteiger partial charge in [-0.3, -0.25) is 0 Å². The number of carbonyl (C=O) groups excluding carboxylic acids is 1. The Balaban J connectivity index is 1.85. The zero-order chi connectivity index (χ0) is 13.1. The first-order chi connectivity index (χ1) is 8.32. The van der Waals surface area contributed by atoms with E-state index < -0.39 is 0 Å². The van der Waals surface area contributed by atoms with Crippen molar-refractivity contribution in [2.24, 2.45) is 23.2 Å². The Morgan fingerprint density at radius 1 is 1.17 bits per heavy atom. The Kier molecular flexibility index (Phi) is 2.46. The van der Waals surface area contributed by atoms with Gasteiger partial charge in [-0.05, 0) is 69.1 Å². The van der Waals surface area contributed by atoms with E-state index in [-0.39, 0.29) is 11.6 Å². The minimum Gasteiger partial charge on any atom is -0.455 e. The third kappa shape index (κ3) is 1.64. The molecule has 0 N–H and O–H groups in total. The molecule has 2 atom stereocenters. The van der Waals surface area contributed by atoms with E-state index in [2.05, 4.69) is 20.4 Å². The highest BCUT2D eigenvalue weighted by Gasteiger charge is 2.60. The maximum Gasteiger partial charge on any atom is 0.333 e. The van der Waals surface area contributed by atoms with Crippen molar-refractivity contribution in [2.45, 2.75) is 58.5 Å². The average Bonchev–Trinajstić information content (AvgIpc) is 2.23. The lowest BCUT2D eigenvalue weighted by molar-refractivity contribution is -0.213. The van der Waals surface area contributed by atoms with Gasteiger partial charge in [-0.2, -0.15) is 0 Å². The van der Waals surface area contributed by atoms with E-state index in [9.17, 15) is 4.79 Å². The van der Waals surface area contributed by atoms with Crippen molar-refractivity contribution in [3.63, 3.8) is 0 Å². The van der Waals surface area contributed by atoms with Crippen LogP contribution in [0.2, 0.25) is 0 Å². The van der Waals surface area contributed by atoms with Gasteiger partial charge < -0.3 is 4.74 Å².